The van der Waals surface area contributed by atoms with Crippen LogP contribution in [0.15, 0.2) is 47.8 Å². The lowest BCUT2D eigenvalue weighted by Crippen LogP contribution is -2.17. The van der Waals surface area contributed by atoms with E-state index in [0.717, 1.165) is 52.7 Å². The van der Waals surface area contributed by atoms with Crippen molar-refractivity contribution in [1.82, 2.24) is 4.98 Å². The maximum atomic E-state index is 13.6. The van der Waals surface area contributed by atoms with Crippen LogP contribution in [0, 0.1) is 5.92 Å². The summed E-state index contributed by atoms with van der Waals surface area (Å²) in [6.07, 6.45) is 3.95. The van der Waals surface area contributed by atoms with Gasteiger partial charge in [-0.05, 0) is 61.2 Å². The van der Waals surface area contributed by atoms with E-state index in [1.807, 2.05) is 47.8 Å². The average molecular weight is 491 g/mol. The Morgan fingerprint density at radius 1 is 1.18 bits per heavy atom. The van der Waals surface area contributed by atoms with E-state index in [4.69, 9.17) is 9.72 Å². The fourth-order valence-corrected chi connectivity index (χ4v) is 6.63. The average Bonchev–Trinajstić information content (AvgIpc) is 3.51. The number of fused-ring (bicyclic) bond motifs is 2. The predicted octanol–water partition coefficient (Wildman–Crippen LogP) is 6.97. The van der Waals surface area contributed by atoms with Crippen LogP contribution in [0.4, 0.5) is 5.00 Å². The third kappa shape index (κ3) is 4.26. The summed E-state index contributed by atoms with van der Waals surface area (Å²) in [6, 6.07) is 13.5. The number of carbonyl (C=O) groups excluding carboxylic acids is 2. The number of nitrogens with one attached hydrogen (secondary N) is 1. The molecule has 0 saturated heterocycles. The van der Waals surface area contributed by atoms with E-state index in [2.05, 4.69) is 12.2 Å². The van der Waals surface area contributed by atoms with Crippen molar-refractivity contribution in [1.29, 1.82) is 0 Å². The van der Waals surface area contributed by atoms with E-state index in [0.29, 0.717) is 28.7 Å². The molecule has 3 heterocycles. The zero-order valence-electron chi connectivity index (χ0n) is 19.2. The zero-order chi connectivity index (χ0) is 23.7. The number of para-hydroxylation sites is 1. The minimum absolute atomic E-state index is 0.243. The number of ether oxygens (including phenoxy) is 1. The standard InChI is InChI=1S/C27H26N2O3S2/c1-3-16-11-12-18-23(14-16)34-26(24(18)27(31)32-4-2)29-25(30)19-15-21(22-10-7-13-33-22)28-20-9-6-5-8-17(19)20/h5-10,13,15-16H,3-4,11-12,14H2,1-2H3,(H,29,30). The van der Waals surface area contributed by atoms with Crippen molar-refractivity contribution in [2.75, 3.05) is 11.9 Å². The number of rotatable bonds is 6. The first-order valence-electron chi connectivity index (χ1n) is 11.7. The minimum atomic E-state index is -0.357. The van der Waals surface area contributed by atoms with Crippen molar-refractivity contribution < 1.29 is 14.3 Å². The molecule has 5 rings (SSSR count). The fourth-order valence-electron chi connectivity index (χ4n) is 4.59. The van der Waals surface area contributed by atoms with Crippen molar-refractivity contribution >= 4 is 50.5 Å². The monoisotopic (exact) mass is 490 g/mol. The third-order valence-corrected chi connectivity index (χ3v) is 8.45. The van der Waals surface area contributed by atoms with Gasteiger partial charge in [0, 0.05) is 10.3 Å². The van der Waals surface area contributed by atoms with E-state index in [9.17, 15) is 9.59 Å². The Kier molecular flexibility index (Phi) is 6.48. The maximum Gasteiger partial charge on any atom is 0.341 e. The summed E-state index contributed by atoms with van der Waals surface area (Å²) in [5.41, 5.74) is 3.65. The van der Waals surface area contributed by atoms with Crippen LogP contribution in [0.3, 0.4) is 0 Å². The van der Waals surface area contributed by atoms with Gasteiger partial charge in [-0.25, -0.2) is 9.78 Å². The molecule has 4 aromatic rings. The molecule has 1 aromatic carbocycles. The Balaban J connectivity index is 1.56. The molecule has 1 amide bonds. The number of benzene rings is 1. The van der Waals surface area contributed by atoms with Gasteiger partial charge >= 0.3 is 5.97 Å². The molecule has 0 fully saturated rings. The first kappa shape index (κ1) is 22.7. The summed E-state index contributed by atoms with van der Waals surface area (Å²) < 4.78 is 5.38. The Morgan fingerprint density at radius 2 is 2.03 bits per heavy atom. The molecule has 0 radical (unpaired) electrons. The summed E-state index contributed by atoms with van der Waals surface area (Å²) in [7, 11) is 0. The minimum Gasteiger partial charge on any atom is -0.462 e. The van der Waals surface area contributed by atoms with E-state index in [1.165, 1.54) is 16.2 Å². The smallest absolute Gasteiger partial charge is 0.341 e. The number of amides is 1. The number of thiophene rings is 2. The Hall–Kier alpha value is -3.03. The number of pyridine rings is 1. The molecule has 1 N–H and O–H groups in total. The molecule has 174 valence electrons. The Morgan fingerprint density at radius 3 is 2.79 bits per heavy atom. The third-order valence-electron chi connectivity index (χ3n) is 6.39. The Labute approximate surface area is 206 Å². The van der Waals surface area contributed by atoms with Crippen LogP contribution < -0.4 is 5.32 Å². The lowest BCUT2D eigenvalue weighted by molar-refractivity contribution is 0.0526. The van der Waals surface area contributed by atoms with Crippen molar-refractivity contribution in [3.05, 3.63) is 69.4 Å². The number of hydrogen-bond acceptors (Lipinski definition) is 6. The molecule has 3 aromatic heterocycles. The molecule has 1 aliphatic rings. The number of aromatic nitrogens is 1. The van der Waals surface area contributed by atoms with Gasteiger partial charge in [0.25, 0.3) is 5.91 Å². The van der Waals surface area contributed by atoms with E-state index in [1.54, 1.807) is 18.3 Å². The number of hydrogen-bond donors (Lipinski definition) is 1. The predicted molar refractivity (Wildman–Crippen MR) is 139 cm³/mol. The first-order chi connectivity index (χ1) is 16.6. The van der Waals surface area contributed by atoms with Crippen LogP contribution in [0.25, 0.3) is 21.5 Å². The van der Waals surface area contributed by atoms with Crippen LogP contribution in [0.2, 0.25) is 0 Å². The van der Waals surface area contributed by atoms with Gasteiger partial charge in [0.05, 0.1) is 33.8 Å². The van der Waals surface area contributed by atoms with Crippen molar-refractivity contribution in [3.63, 3.8) is 0 Å². The lowest BCUT2D eigenvalue weighted by Gasteiger charge is -2.20. The summed E-state index contributed by atoms with van der Waals surface area (Å²) in [4.78, 5) is 33.5. The second-order valence-corrected chi connectivity index (χ2v) is 10.5. The van der Waals surface area contributed by atoms with Crippen LogP contribution in [0.1, 0.15) is 57.8 Å². The highest BCUT2D eigenvalue weighted by molar-refractivity contribution is 7.17. The number of esters is 1. The molecule has 34 heavy (non-hydrogen) atoms. The lowest BCUT2D eigenvalue weighted by atomic mass is 9.85. The van der Waals surface area contributed by atoms with Gasteiger partial charge in [0.15, 0.2) is 0 Å². The molecule has 5 nitrogen and oxygen atoms in total. The van der Waals surface area contributed by atoms with Gasteiger partial charge in [-0.3, -0.25) is 4.79 Å². The van der Waals surface area contributed by atoms with Crippen LogP contribution in [-0.2, 0) is 17.6 Å². The summed E-state index contributed by atoms with van der Waals surface area (Å²) in [6.45, 7) is 4.31. The molecule has 1 atom stereocenters. The summed E-state index contributed by atoms with van der Waals surface area (Å²) in [5, 5.41) is 6.44. The zero-order valence-corrected chi connectivity index (χ0v) is 20.9. The molecular formula is C27H26N2O3S2. The molecule has 0 saturated carbocycles. The van der Waals surface area contributed by atoms with Crippen molar-refractivity contribution in [3.8, 4) is 10.6 Å². The topological polar surface area (TPSA) is 68.3 Å². The molecule has 7 heteroatoms. The molecule has 0 aliphatic heterocycles. The van der Waals surface area contributed by atoms with Crippen LogP contribution in [0.5, 0.6) is 0 Å². The first-order valence-corrected chi connectivity index (χ1v) is 13.3. The fraction of sp³-hybridized carbons (Fsp3) is 0.296. The van der Waals surface area contributed by atoms with E-state index >= 15 is 0 Å². The number of nitrogens with zero attached hydrogens (tertiary/aromatic N) is 1. The molecule has 1 unspecified atom stereocenters. The molecular weight excluding hydrogens is 464 g/mol. The quantitative estimate of drug-likeness (QED) is 0.296. The van der Waals surface area contributed by atoms with Gasteiger partial charge in [-0.2, -0.15) is 0 Å². The molecule has 0 spiro atoms. The van der Waals surface area contributed by atoms with E-state index < -0.39 is 0 Å². The largest absolute Gasteiger partial charge is 0.462 e. The van der Waals surface area contributed by atoms with Gasteiger partial charge in [-0.15, -0.1) is 22.7 Å². The maximum absolute atomic E-state index is 13.6. The highest BCUT2D eigenvalue weighted by Gasteiger charge is 2.30. The molecule has 1 aliphatic carbocycles. The van der Waals surface area contributed by atoms with E-state index in [-0.39, 0.29) is 11.9 Å². The summed E-state index contributed by atoms with van der Waals surface area (Å²) >= 11 is 3.11. The van der Waals surface area contributed by atoms with Crippen LogP contribution >= 0.6 is 22.7 Å². The second kappa shape index (κ2) is 9.68. The Bertz CT molecular complexity index is 1360. The van der Waals surface area contributed by atoms with Gasteiger partial charge < -0.3 is 10.1 Å². The van der Waals surface area contributed by atoms with Gasteiger partial charge in [0.1, 0.15) is 5.00 Å². The number of carbonyl (C=O) groups is 2. The number of anilines is 1. The highest BCUT2D eigenvalue weighted by Crippen LogP contribution is 2.41. The SMILES string of the molecule is CCOC(=O)c1c(NC(=O)c2cc(-c3cccs3)nc3ccccc23)sc2c1CCC(CC)C2. The van der Waals surface area contributed by atoms with Crippen LogP contribution in [-0.4, -0.2) is 23.5 Å². The second-order valence-electron chi connectivity index (χ2n) is 8.45. The highest BCUT2D eigenvalue weighted by atomic mass is 32.1. The van der Waals surface area contributed by atoms with Crippen molar-refractivity contribution in [2.24, 2.45) is 5.92 Å². The molecule has 0 bridgehead atoms. The van der Waals surface area contributed by atoms with Crippen molar-refractivity contribution in [2.45, 2.75) is 39.5 Å². The normalized spacial score (nSPS) is 15.2. The summed E-state index contributed by atoms with van der Waals surface area (Å²) in [5.74, 6) is 0.0129. The van der Waals surface area contributed by atoms with Gasteiger partial charge in [-0.1, -0.05) is 37.6 Å². The van der Waals surface area contributed by atoms with Gasteiger partial charge in [0.2, 0.25) is 0 Å².